The van der Waals surface area contributed by atoms with Crippen LogP contribution in [0.3, 0.4) is 0 Å². The summed E-state index contributed by atoms with van der Waals surface area (Å²) in [5.74, 6) is 0.473. The van der Waals surface area contributed by atoms with Crippen LogP contribution in [0.2, 0.25) is 5.02 Å². The molecule has 0 bridgehead atoms. The van der Waals surface area contributed by atoms with E-state index < -0.39 is 10.0 Å². The van der Waals surface area contributed by atoms with E-state index in [2.05, 4.69) is 20.6 Å². The van der Waals surface area contributed by atoms with Crippen molar-refractivity contribution in [2.24, 2.45) is 5.14 Å². The number of thiazole rings is 1. The third-order valence-electron chi connectivity index (χ3n) is 3.84. The number of primary sulfonamides is 1. The second-order valence-electron chi connectivity index (χ2n) is 6.10. The van der Waals surface area contributed by atoms with Crippen LogP contribution in [0.25, 0.3) is 0 Å². The van der Waals surface area contributed by atoms with E-state index >= 15 is 0 Å². The van der Waals surface area contributed by atoms with Gasteiger partial charge in [0.05, 0.1) is 22.0 Å². The summed E-state index contributed by atoms with van der Waals surface area (Å²) in [7, 11) is -3.70. The molecule has 0 radical (unpaired) electrons. The average Bonchev–Trinajstić information content (AvgIpc) is 3.10. The Morgan fingerprint density at radius 1 is 1.17 bits per heavy atom. The van der Waals surface area contributed by atoms with E-state index in [0.717, 1.165) is 5.56 Å². The van der Waals surface area contributed by atoms with Crippen molar-refractivity contribution in [3.05, 3.63) is 64.3 Å². The van der Waals surface area contributed by atoms with Gasteiger partial charge in [-0.3, -0.25) is 4.79 Å². The van der Waals surface area contributed by atoms with Gasteiger partial charge >= 0.3 is 0 Å². The first kappa shape index (κ1) is 21.2. The van der Waals surface area contributed by atoms with Crippen molar-refractivity contribution in [2.75, 3.05) is 11.9 Å². The lowest BCUT2D eigenvalue weighted by Crippen LogP contribution is -2.27. The molecule has 0 spiro atoms. The number of anilines is 2. The maximum atomic E-state index is 12.1. The quantitative estimate of drug-likeness (QED) is 0.482. The molecule has 2 heterocycles. The number of nitrogens with two attached hydrogens (primary N) is 1. The van der Waals surface area contributed by atoms with E-state index in [9.17, 15) is 13.2 Å². The number of rotatable bonds is 8. The Kier molecular flexibility index (Phi) is 6.80. The molecule has 4 N–H and O–H groups in total. The second-order valence-corrected chi connectivity index (χ2v) is 8.95. The summed E-state index contributed by atoms with van der Waals surface area (Å²) in [5.41, 5.74) is 1.55. The number of carbonyl (C=O) groups is 1. The lowest BCUT2D eigenvalue weighted by molar-refractivity contribution is -0.120. The van der Waals surface area contributed by atoms with Crippen molar-refractivity contribution in [3.8, 4) is 0 Å². The van der Waals surface area contributed by atoms with E-state index in [-0.39, 0.29) is 17.2 Å². The molecular weight excluding hydrogens is 434 g/mol. The van der Waals surface area contributed by atoms with Gasteiger partial charge in [-0.1, -0.05) is 23.7 Å². The predicted octanol–water partition coefficient (Wildman–Crippen LogP) is 2.48. The van der Waals surface area contributed by atoms with Gasteiger partial charge in [0.15, 0.2) is 5.13 Å². The van der Waals surface area contributed by atoms with Crippen molar-refractivity contribution in [2.45, 2.75) is 17.7 Å². The van der Waals surface area contributed by atoms with Crippen LogP contribution in [0, 0.1) is 0 Å². The molecule has 0 saturated heterocycles. The number of hydrogen-bond donors (Lipinski definition) is 3. The molecule has 29 heavy (non-hydrogen) atoms. The Balaban J connectivity index is 1.45. The van der Waals surface area contributed by atoms with Crippen LogP contribution in [0.4, 0.5) is 10.9 Å². The number of hydrogen-bond acceptors (Lipinski definition) is 7. The van der Waals surface area contributed by atoms with E-state index in [1.807, 2.05) is 5.38 Å². The largest absolute Gasteiger partial charge is 0.355 e. The second kappa shape index (κ2) is 9.31. The molecule has 0 saturated carbocycles. The fourth-order valence-corrected chi connectivity index (χ4v) is 3.77. The van der Waals surface area contributed by atoms with Gasteiger partial charge in [0.2, 0.25) is 15.9 Å². The van der Waals surface area contributed by atoms with Crippen molar-refractivity contribution in [1.82, 2.24) is 15.3 Å². The van der Waals surface area contributed by atoms with Gasteiger partial charge in [-0.25, -0.2) is 23.5 Å². The SMILES string of the molecule is NS(=O)(=O)c1ccc(CCNC(=O)Cc2csc(Nc3ccc(Cl)cn3)n2)cc1. The molecule has 8 nitrogen and oxygen atoms in total. The zero-order valence-electron chi connectivity index (χ0n) is 15.1. The van der Waals surface area contributed by atoms with Crippen LogP contribution < -0.4 is 15.8 Å². The minimum Gasteiger partial charge on any atom is -0.355 e. The van der Waals surface area contributed by atoms with Crippen LogP contribution in [-0.4, -0.2) is 30.8 Å². The van der Waals surface area contributed by atoms with Crippen molar-refractivity contribution in [1.29, 1.82) is 0 Å². The molecule has 152 valence electrons. The summed E-state index contributed by atoms with van der Waals surface area (Å²) in [6.07, 6.45) is 2.27. The van der Waals surface area contributed by atoms with Crippen LogP contribution in [0.1, 0.15) is 11.3 Å². The van der Waals surface area contributed by atoms with Crippen LogP contribution in [-0.2, 0) is 27.7 Å². The molecular formula is C18H18ClN5O3S2. The Labute approximate surface area is 177 Å². The van der Waals surface area contributed by atoms with Gasteiger partial charge in [-0.2, -0.15) is 0 Å². The Morgan fingerprint density at radius 2 is 1.93 bits per heavy atom. The third-order valence-corrected chi connectivity index (χ3v) is 5.80. The van der Waals surface area contributed by atoms with E-state index in [1.54, 1.807) is 24.3 Å². The minimum atomic E-state index is -3.70. The first-order valence-electron chi connectivity index (χ1n) is 8.51. The number of sulfonamides is 1. The molecule has 1 aromatic carbocycles. The van der Waals surface area contributed by atoms with E-state index in [0.29, 0.717) is 34.6 Å². The maximum absolute atomic E-state index is 12.1. The number of amides is 1. The number of nitrogens with zero attached hydrogens (tertiary/aromatic N) is 2. The number of aromatic nitrogens is 2. The highest BCUT2D eigenvalue weighted by Gasteiger charge is 2.09. The molecule has 11 heteroatoms. The highest BCUT2D eigenvalue weighted by Crippen LogP contribution is 2.20. The molecule has 0 atom stereocenters. The molecule has 1 amide bonds. The number of pyridine rings is 1. The van der Waals surface area contributed by atoms with Gasteiger partial charge in [0.25, 0.3) is 0 Å². The molecule has 3 rings (SSSR count). The normalized spacial score (nSPS) is 11.2. The van der Waals surface area contributed by atoms with Crippen LogP contribution >= 0.6 is 22.9 Å². The first-order chi connectivity index (χ1) is 13.8. The van der Waals surface area contributed by atoms with Gasteiger partial charge < -0.3 is 10.6 Å². The van der Waals surface area contributed by atoms with Crippen LogP contribution in [0.5, 0.6) is 0 Å². The van der Waals surface area contributed by atoms with E-state index in [1.165, 1.54) is 29.7 Å². The average molecular weight is 452 g/mol. The Hall–Kier alpha value is -2.53. The number of carbonyl (C=O) groups excluding carboxylic acids is 1. The molecule has 0 aliphatic heterocycles. The number of nitrogens with one attached hydrogen (secondary N) is 2. The summed E-state index contributed by atoms with van der Waals surface area (Å²) < 4.78 is 22.5. The Morgan fingerprint density at radius 3 is 2.59 bits per heavy atom. The summed E-state index contributed by atoms with van der Waals surface area (Å²) >= 11 is 7.18. The molecule has 0 aliphatic carbocycles. The van der Waals surface area contributed by atoms with E-state index in [4.69, 9.17) is 16.7 Å². The molecule has 3 aromatic rings. The topological polar surface area (TPSA) is 127 Å². The summed E-state index contributed by atoms with van der Waals surface area (Å²) in [6.45, 7) is 0.428. The zero-order chi connectivity index (χ0) is 20.9. The first-order valence-corrected chi connectivity index (χ1v) is 11.3. The molecule has 2 aromatic heterocycles. The van der Waals surface area contributed by atoms with Crippen molar-refractivity contribution < 1.29 is 13.2 Å². The molecule has 0 aliphatic rings. The number of halogens is 1. The monoisotopic (exact) mass is 451 g/mol. The maximum Gasteiger partial charge on any atom is 0.238 e. The third kappa shape index (κ3) is 6.50. The predicted molar refractivity (Wildman–Crippen MR) is 113 cm³/mol. The highest BCUT2D eigenvalue weighted by atomic mass is 35.5. The molecule has 0 fully saturated rings. The van der Waals surface area contributed by atoms with Gasteiger partial charge in [-0.05, 0) is 36.2 Å². The summed E-state index contributed by atoms with van der Waals surface area (Å²) in [5, 5.41) is 13.9. The lowest BCUT2D eigenvalue weighted by Gasteiger charge is -2.05. The van der Waals surface area contributed by atoms with Crippen LogP contribution in [0.15, 0.2) is 52.9 Å². The fraction of sp³-hybridized carbons (Fsp3) is 0.167. The standard InChI is InChI=1S/C18H18ClN5O3S2/c19-13-3-6-16(22-10-13)24-18-23-14(11-28-18)9-17(25)21-8-7-12-1-4-15(5-2-12)29(20,26)27/h1-6,10-11H,7-9H2,(H,21,25)(H2,20,26,27)(H,22,23,24). The smallest absolute Gasteiger partial charge is 0.238 e. The summed E-state index contributed by atoms with van der Waals surface area (Å²) in [6, 6.07) is 9.72. The summed E-state index contributed by atoms with van der Waals surface area (Å²) in [4.78, 5) is 20.7. The van der Waals surface area contributed by atoms with Crippen molar-refractivity contribution >= 4 is 49.8 Å². The Bertz CT molecular complexity index is 1080. The zero-order valence-corrected chi connectivity index (χ0v) is 17.5. The van der Waals surface area contributed by atoms with Gasteiger partial charge in [0.1, 0.15) is 5.82 Å². The number of benzene rings is 1. The highest BCUT2D eigenvalue weighted by molar-refractivity contribution is 7.89. The van der Waals surface area contributed by atoms with Crippen molar-refractivity contribution in [3.63, 3.8) is 0 Å². The van der Waals surface area contributed by atoms with Gasteiger partial charge in [0, 0.05) is 18.1 Å². The van der Waals surface area contributed by atoms with Gasteiger partial charge in [-0.15, -0.1) is 11.3 Å². The lowest BCUT2D eigenvalue weighted by atomic mass is 10.1. The molecule has 0 unspecified atom stereocenters. The minimum absolute atomic E-state index is 0.0621. The fourth-order valence-electron chi connectivity index (χ4n) is 2.42.